The van der Waals surface area contributed by atoms with Gasteiger partial charge in [-0.3, -0.25) is 4.79 Å². The van der Waals surface area contributed by atoms with Gasteiger partial charge in [-0.1, -0.05) is 39.7 Å². The molecule has 138 valence electrons. The van der Waals surface area contributed by atoms with E-state index in [1.165, 1.54) is 12.1 Å². The van der Waals surface area contributed by atoms with Crippen LogP contribution < -0.4 is 16.0 Å². The zero-order valence-corrected chi connectivity index (χ0v) is 16.3. The van der Waals surface area contributed by atoms with E-state index < -0.39 is 11.8 Å². The van der Waals surface area contributed by atoms with E-state index in [4.69, 9.17) is 11.6 Å². The van der Waals surface area contributed by atoms with Crippen molar-refractivity contribution in [2.75, 3.05) is 13.1 Å². The lowest BCUT2D eigenvalue weighted by atomic mass is 10.1. The molecule has 0 saturated heterocycles. The molecule has 5 nitrogen and oxygen atoms in total. The van der Waals surface area contributed by atoms with Gasteiger partial charge in [0.2, 0.25) is 0 Å². The number of urea groups is 1. The third kappa shape index (κ3) is 6.00. The molecular formula is C18H18BrClFN3O2. The number of amides is 3. The van der Waals surface area contributed by atoms with Gasteiger partial charge in [0.05, 0.1) is 11.1 Å². The van der Waals surface area contributed by atoms with Crippen LogP contribution in [0, 0.1) is 5.82 Å². The van der Waals surface area contributed by atoms with Gasteiger partial charge in [0.1, 0.15) is 5.82 Å². The Bertz CT molecular complexity index is 804. The summed E-state index contributed by atoms with van der Waals surface area (Å²) in [7, 11) is 0. The van der Waals surface area contributed by atoms with Crippen LogP contribution in [0.25, 0.3) is 0 Å². The Balaban J connectivity index is 1.73. The molecule has 1 unspecified atom stereocenters. The third-order valence-electron chi connectivity index (χ3n) is 3.57. The molecule has 0 aliphatic heterocycles. The van der Waals surface area contributed by atoms with Gasteiger partial charge in [-0.15, -0.1) is 0 Å². The average Bonchev–Trinajstić information content (AvgIpc) is 2.60. The van der Waals surface area contributed by atoms with Crippen LogP contribution in [0.3, 0.4) is 0 Å². The highest BCUT2D eigenvalue weighted by Gasteiger charge is 2.11. The molecule has 2 rings (SSSR count). The smallest absolute Gasteiger partial charge is 0.315 e. The second-order valence-corrected chi connectivity index (χ2v) is 6.88. The van der Waals surface area contributed by atoms with E-state index in [1.807, 2.05) is 6.07 Å². The third-order valence-corrected chi connectivity index (χ3v) is 4.36. The molecule has 0 saturated carbocycles. The molecule has 0 aromatic heterocycles. The van der Waals surface area contributed by atoms with Crippen molar-refractivity contribution in [2.45, 2.75) is 13.0 Å². The number of rotatable bonds is 6. The van der Waals surface area contributed by atoms with Crippen LogP contribution in [0.1, 0.15) is 28.9 Å². The average molecular weight is 443 g/mol. The normalized spacial score (nSPS) is 11.5. The minimum Gasteiger partial charge on any atom is -0.350 e. The zero-order valence-electron chi connectivity index (χ0n) is 14.0. The van der Waals surface area contributed by atoms with Crippen molar-refractivity contribution in [3.05, 3.63) is 68.9 Å². The lowest BCUT2D eigenvalue weighted by Crippen LogP contribution is -2.41. The molecule has 0 spiro atoms. The van der Waals surface area contributed by atoms with Crippen LogP contribution >= 0.6 is 27.5 Å². The van der Waals surface area contributed by atoms with Gasteiger partial charge in [-0.25, -0.2) is 9.18 Å². The van der Waals surface area contributed by atoms with Gasteiger partial charge in [0.25, 0.3) is 5.91 Å². The quantitative estimate of drug-likeness (QED) is 0.591. The highest BCUT2D eigenvalue weighted by molar-refractivity contribution is 9.10. The van der Waals surface area contributed by atoms with E-state index in [2.05, 4.69) is 31.9 Å². The summed E-state index contributed by atoms with van der Waals surface area (Å²) < 4.78 is 14.0. The van der Waals surface area contributed by atoms with E-state index in [9.17, 15) is 14.0 Å². The van der Waals surface area contributed by atoms with Crippen LogP contribution in [0.2, 0.25) is 5.02 Å². The van der Waals surface area contributed by atoms with Crippen molar-refractivity contribution < 1.29 is 14.0 Å². The lowest BCUT2D eigenvalue weighted by molar-refractivity contribution is 0.0953. The van der Waals surface area contributed by atoms with E-state index in [0.29, 0.717) is 11.1 Å². The van der Waals surface area contributed by atoms with Gasteiger partial charge in [-0.05, 0) is 42.8 Å². The first-order valence-electron chi connectivity index (χ1n) is 7.90. The highest BCUT2D eigenvalue weighted by Crippen LogP contribution is 2.20. The van der Waals surface area contributed by atoms with Gasteiger partial charge < -0.3 is 16.0 Å². The first-order valence-corrected chi connectivity index (χ1v) is 9.07. The second kappa shape index (κ2) is 9.54. The van der Waals surface area contributed by atoms with E-state index >= 15 is 0 Å². The first-order chi connectivity index (χ1) is 12.4. The number of halogens is 3. The fourth-order valence-corrected chi connectivity index (χ4v) is 2.78. The Morgan fingerprint density at radius 3 is 2.58 bits per heavy atom. The highest BCUT2D eigenvalue weighted by atomic mass is 79.9. The number of nitrogens with one attached hydrogen (secondary N) is 3. The summed E-state index contributed by atoms with van der Waals surface area (Å²) in [5.74, 6) is -0.726. The summed E-state index contributed by atoms with van der Waals surface area (Å²) in [6.07, 6.45) is 0. The van der Waals surface area contributed by atoms with E-state index in [0.717, 1.165) is 4.47 Å². The number of carbonyl (C=O) groups excluding carboxylic acids is 2. The van der Waals surface area contributed by atoms with Crippen molar-refractivity contribution in [1.29, 1.82) is 0 Å². The fourth-order valence-electron chi connectivity index (χ4n) is 2.20. The summed E-state index contributed by atoms with van der Waals surface area (Å²) in [6, 6.07) is 10.6. The first kappa shape index (κ1) is 20.2. The summed E-state index contributed by atoms with van der Waals surface area (Å²) in [5.41, 5.74) is 1.22. The molecule has 0 heterocycles. The Hall–Kier alpha value is -2.12. The van der Waals surface area contributed by atoms with Crippen molar-refractivity contribution in [3.63, 3.8) is 0 Å². The SMILES string of the molecule is CC(NC(=O)NCCNC(=O)c1cccc(Br)c1)c1ccc(F)c(Cl)c1. The number of benzene rings is 2. The van der Waals surface area contributed by atoms with E-state index in [1.54, 1.807) is 31.2 Å². The van der Waals surface area contributed by atoms with Gasteiger partial charge in [0.15, 0.2) is 0 Å². The molecule has 0 radical (unpaired) electrons. The monoisotopic (exact) mass is 441 g/mol. The van der Waals surface area contributed by atoms with E-state index in [-0.39, 0.29) is 30.1 Å². The predicted octanol–water partition coefficient (Wildman–Crippen LogP) is 4.03. The number of carbonyl (C=O) groups is 2. The van der Waals surface area contributed by atoms with Gasteiger partial charge >= 0.3 is 6.03 Å². The topological polar surface area (TPSA) is 70.2 Å². The summed E-state index contributed by atoms with van der Waals surface area (Å²) >= 11 is 9.05. The zero-order chi connectivity index (χ0) is 19.1. The summed E-state index contributed by atoms with van der Waals surface area (Å²) in [4.78, 5) is 23.9. The largest absolute Gasteiger partial charge is 0.350 e. The van der Waals surface area contributed by atoms with Gasteiger partial charge in [-0.2, -0.15) is 0 Å². The summed E-state index contributed by atoms with van der Waals surface area (Å²) in [5, 5.41) is 8.09. The molecule has 0 aliphatic rings. The molecule has 3 N–H and O–H groups in total. The summed E-state index contributed by atoms with van der Waals surface area (Å²) in [6.45, 7) is 2.32. The minimum atomic E-state index is -0.506. The maximum Gasteiger partial charge on any atom is 0.315 e. The van der Waals surface area contributed by atoms with Crippen LogP contribution in [0.15, 0.2) is 46.9 Å². The van der Waals surface area contributed by atoms with Crippen LogP contribution in [-0.2, 0) is 0 Å². The van der Waals surface area contributed by atoms with Crippen LogP contribution in [0.4, 0.5) is 9.18 Å². The standard InChI is InChI=1S/C18H18BrClFN3O2/c1-11(12-5-6-16(21)15(20)10-12)24-18(26)23-8-7-22-17(25)13-3-2-4-14(19)9-13/h2-6,9-11H,7-8H2,1H3,(H,22,25)(H2,23,24,26). The molecule has 0 bridgehead atoms. The molecule has 0 fully saturated rings. The second-order valence-electron chi connectivity index (χ2n) is 5.56. The number of hydrogen-bond acceptors (Lipinski definition) is 2. The molecular weight excluding hydrogens is 425 g/mol. The molecule has 1 atom stereocenters. The Morgan fingerprint density at radius 1 is 1.15 bits per heavy atom. The van der Waals surface area contributed by atoms with Crippen molar-refractivity contribution >= 4 is 39.5 Å². The number of hydrogen-bond donors (Lipinski definition) is 3. The lowest BCUT2D eigenvalue weighted by Gasteiger charge is -2.15. The maximum atomic E-state index is 13.2. The van der Waals surface area contributed by atoms with Crippen molar-refractivity contribution in [2.24, 2.45) is 0 Å². The Labute approximate surface area is 164 Å². The molecule has 2 aromatic carbocycles. The fraction of sp³-hybridized carbons (Fsp3) is 0.222. The predicted molar refractivity (Wildman–Crippen MR) is 103 cm³/mol. The Kier molecular flexibility index (Phi) is 7.41. The molecule has 26 heavy (non-hydrogen) atoms. The van der Waals surface area contributed by atoms with Gasteiger partial charge in [0, 0.05) is 23.1 Å². The minimum absolute atomic E-state index is 0.00631. The van der Waals surface area contributed by atoms with Crippen molar-refractivity contribution in [3.8, 4) is 0 Å². The molecule has 0 aliphatic carbocycles. The van der Waals surface area contributed by atoms with Crippen LogP contribution in [0.5, 0.6) is 0 Å². The maximum absolute atomic E-state index is 13.2. The van der Waals surface area contributed by atoms with Crippen LogP contribution in [-0.4, -0.2) is 25.0 Å². The van der Waals surface area contributed by atoms with Crippen molar-refractivity contribution in [1.82, 2.24) is 16.0 Å². The molecule has 3 amide bonds. The molecule has 2 aromatic rings. The molecule has 8 heteroatoms. The Morgan fingerprint density at radius 2 is 1.88 bits per heavy atom.